The molecule has 1 fully saturated rings. The molecule has 0 amide bonds. The van der Waals surface area contributed by atoms with Gasteiger partial charge in [0.1, 0.15) is 6.29 Å². The summed E-state index contributed by atoms with van der Waals surface area (Å²) in [5, 5.41) is 0. The van der Waals surface area contributed by atoms with Gasteiger partial charge in [0.2, 0.25) is 0 Å². The van der Waals surface area contributed by atoms with E-state index in [9.17, 15) is 9.59 Å². The monoisotopic (exact) mass is 338 g/mol. The van der Waals surface area contributed by atoms with Crippen molar-refractivity contribution in [1.82, 2.24) is 0 Å². The number of esters is 1. The highest BCUT2D eigenvalue weighted by Gasteiger charge is 2.32. The molecule has 0 aliphatic heterocycles. The predicted octanol–water partition coefficient (Wildman–Crippen LogP) is 5.70. The molecule has 24 heavy (non-hydrogen) atoms. The van der Waals surface area contributed by atoms with Crippen molar-refractivity contribution in [2.24, 2.45) is 17.8 Å². The summed E-state index contributed by atoms with van der Waals surface area (Å²) in [5.41, 5.74) is 0. The molecule has 0 bridgehead atoms. The molecule has 3 atom stereocenters. The number of hydrogen-bond acceptors (Lipinski definition) is 3. The molecule has 1 aliphatic carbocycles. The molecule has 1 saturated carbocycles. The zero-order valence-corrected chi connectivity index (χ0v) is 15.9. The number of methoxy groups -OCH3 is 1. The van der Waals surface area contributed by atoms with Crippen molar-refractivity contribution >= 4 is 12.3 Å². The molecule has 0 spiro atoms. The highest BCUT2D eigenvalue weighted by Crippen LogP contribution is 2.40. The SMILES string of the molecule is CCCCCCC1CCCC(C=O)C1CCCCCCC(=O)OC. The minimum atomic E-state index is -0.101. The van der Waals surface area contributed by atoms with E-state index in [1.54, 1.807) is 0 Å². The van der Waals surface area contributed by atoms with Crippen molar-refractivity contribution < 1.29 is 14.3 Å². The van der Waals surface area contributed by atoms with E-state index in [0.717, 1.165) is 25.2 Å². The fraction of sp³-hybridized carbons (Fsp3) is 0.905. The lowest BCUT2D eigenvalue weighted by molar-refractivity contribution is -0.140. The maximum absolute atomic E-state index is 11.5. The van der Waals surface area contributed by atoms with Gasteiger partial charge in [0.05, 0.1) is 7.11 Å². The number of rotatable bonds is 13. The third-order valence-electron chi connectivity index (χ3n) is 5.77. The maximum atomic E-state index is 11.5. The van der Waals surface area contributed by atoms with Gasteiger partial charge in [-0.1, -0.05) is 71.1 Å². The van der Waals surface area contributed by atoms with Gasteiger partial charge in [-0.2, -0.15) is 0 Å². The summed E-state index contributed by atoms with van der Waals surface area (Å²) in [7, 11) is 1.45. The summed E-state index contributed by atoms with van der Waals surface area (Å²) in [6.45, 7) is 2.26. The molecular weight excluding hydrogens is 300 g/mol. The number of unbranched alkanes of at least 4 members (excludes halogenated alkanes) is 6. The summed E-state index contributed by atoms with van der Waals surface area (Å²) >= 11 is 0. The van der Waals surface area contributed by atoms with Crippen LogP contribution in [0.1, 0.15) is 96.8 Å². The van der Waals surface area contributed by atoms with Gasteiger partial charge in [-0.25, -0.2) is 0 Å². The Hall–Kier alpha value is -0.860. The summed E-state index contributed by atoms with van der Waals surface area (Å²) in [5.74, 6) is 1.57. The van der Waals surface area contributed by atoms with Crippen LogP contribution in [-0.2, 0) is 14.3 Å². The Morgan fingerprint density at radius 2 is 1.71 bits per heavy atom. The van der Waals surface area contributed by atoms with Crippen LogP contribution < -0.4 is 0 Å². The molecule has 0 aromatic heterocycles. The Morgan fingerprint density at radius 3 is 2.42 bits per heavy atom. The van der Waals surface area contributed by atoms with Gasteiger partial charge in [-0.05, 0) is 31.1 Å². The molecule has 0 aromatic rings. The van der Waals surface area contributed by atoms with Crippen LogP contribution in [0.5, 0.6) is 0 Å². The zero-order valence-electron chi connectivity index (χ0n) is 15.9. The van der Waals surface area contributed by atoms with Crippen molar-refractivity contribution in [2.75, 3.05) is 7.11 Å². The third-order valence-corrected chi connectivity index (χ3v) is 5.77. The smallest absolute Gasteiger partial charge is 0.305 e. The van der Waals surface area contributed by atoms with Crippen LogP contribution in [0.15, 0.2) is 0 Å². The first kappa shape index (κ1) is 21.2. The Bertz CT molecular complexity index is 340. The molecular formula is C21H38O3. The van der Waals surface area contributed by atoms with E-state index in [1.807, 2.05) is 0 Å². The molecule has 3 nitrogen and oxygen atoms in total. The first-order valence-corrected chi connectivity index (χ1v) is 10.2. The van der Waals surface area contributed by atoms with Crippen LogP contribution >= 0.6 is 0 Å². The van der Waals surface area contributed by atoms with Gasteiger partial charge in [-0.3, -0.25) is 4.79 Å². The minimum Gasteiger partial charge on any atom is -0.469 e. The molecule has 0 radical (unpaired) electrons. The van der Waals surface area contributed by atoms with Crippen LogP contribution in [0.4, 0.5) is 0 Å². The average Bonchev–Trinajstić information content (AvgIpc) is 2.61. The van der Waals surface area contributed by atoms with Gasteiger partial charge in [0.15, 0.2) is 0 Å². The number of aldehydes is 1. The Kier molecular flexibility index (Phi) is 11.9. The molecule has 1 rings (SSSR count). The number of carbonyl (C=O) groups excluding carboxylic acids is 2. The van der Waals surface area contributed by atoms with Gasteiger partial charge < -0.3 is 9.53 Å². The Morgan fingerprint density at radius 1 is 1.00 bits per heavy atom. The Balaban J connectivity index is 2.29. The van der Waals surface area contributed by atoms with Crippen LogP contribution in [0.3, 0.4) is 0 Å². The molecule has 0 saturated heterocycles. The molecule has 0 heterocycles. The highest BCUT2D eigenvalue weighted by atomic mass is 16.5. The second kappa shape index (κ2) is 13.4. The molecule has 1 aliphatic rings. The lowest BCUT2D eigenvalue weighted by Crippen LogP contribution is -2.29. The zero-order chi connectivity index (χ0) is 17.6. The van der Waals surface area contributed by atoms with E-state index in [2.05, 4.69) is 11.7 Å². The van der Waals surface area contributed by atoms with E-state index in [-0.39, 0.29) is 5.97 Å². The summed E-state index contributed by atoms with van der Waals surface area (Å²) < 4.78 is 4.67. The van der Waals surface area contributed by atoms with E-state index in [1.165, 1.54) is 77.6 Å². The fourth-order valence-corrected chi connectivity index (χ4v) is 4.31. The second-order valence-corrected chi connectivity index (χ2v) is 7.53. The van der Waals surface area contributed by atoms with Crippen LogP contribution in [0.25, 0.3) is 0 Å². The van der Waals surface area contributed by atoms with E-state index < -0.39 is 0 Å². The van der Waals surface area contributed by atoms with Crippen molar-refractivity contribution in [3.8, 4) is 0 Å². The second-order valence-electron chi connectivity index (χ2n) is 7.53. The molecule has 3 heteroatoms. The standard InChI is InChI=1S/C21H38O3/c1-3-4-5-8-12-18-13-11-14-19(17-22)20(18)15-9-6-7-10-16-21(23)24-2/h17-20H,3-16H2,1-2H3. The average molecular weight is 339 g/mol. The molecule has 140 valence electrons. The van der Waals surface area contributed by atoms with E-state index in [4.69, 9.17) is 0 Å². The first-order chi connectivity index (χ1) is 11.7. The molecule has 0 N–H and O–H groups in total. The third kappa shape index (κ3) is 8.30. The molecule has 0 aromatic carbocycles. The van der Waals surface area contributed by atoms with Crippen LogP contribution in [0.2, 0.25) is 0 Å². The maximum Gasteiger partial charge on any atom is 0.305 e. The lowest BCUT2D eigenvalue weighted by atomic mass is 9.68. The van der Waals surface area contributed by atoms with Crippen LogP contribution in [-0.4, -0.2) is 19.4 Å². The largest absolute Gasteiger partial charge is 0.469 e. The number of ether oxygens (including phenoxy) is 1. The van der Waals surface area contributed by atoms with Crippen LogP contribution in [0, 0.1) is 17.8 Å². The normalized spacial score (nSPS) is 23.8. The van der Waals surface area contributed by atoms with E-state index in [0.29, 0.717) is 18.3 Å². The van der Waals surface area contributed by atoms with Gasteiger partial charge >= 0.3 is 5.97 Å². The Labute approximate surface area is 148 Å². The lowest BCUT2D eigenvalue weighted by Gasteiger charge is -2.36. The highest BCUT2D eigenvalue weighted by molar-refractivity contribution is 5.68. The summed E-state index contributed by atoms with van der Waals surface area (Å²) in [6.07, 6.45) is 17.6. The van der Waals surface area contributed by atoms with Gasteiger partial charge in [0.25, 0.3) is 0 Å². The topological polar surface area (TPSA) is 43.4 Å². The van der Waals surface area contributed by atoms with Crippen molar-refractivity contribution in [2.45, 2.75) is 96.8 Å². The number of hydrogen-bond donors (Lipinski definition) is 0. The predicted molar refractivity (Wildman–Crippen MR) is 98.9 cm³/mol. The first-order valence-electron chi connectivity index (χ1n) is 10.2. The number of carbonyl (C=O) groups is 2. The fourth-order valence-electron chi connectivity index (χ4n) is 4.31. The van der Waals surface area contributed by atoms with Gasteiger partial charge in [0, 0.05) is 12.3 Å². The van der Waals surface area contributed by atoms with Gasteiger partial charge in [-0.15, -0.1) is 0 Å². The van der Waals surface area contributed by atoms with E-state index >= 15 is 0 Å². The van der Waals surface area contributed by atoms with Crippen molar-refractivity contribution in [3.05, 3.63) is 0 Å². The summed E-state index contributed by atoms with van der Waals surface area (Å²) in [6, 6.07) is 0. The minimum absolute atomic E-state index is 0.101. The van der Waals surface area contributed by atoms with Crippen molar-refractivity contribution in [1.29, 1.82) is 0 Å². The van der Waals surface area contributed by atoms with Crippen molar-refractivity contribution in [3.63, 3.8) is 0 Å². The summed E-state index contributed by atoms with van der Waals surface area (Å²) in [4.78, 5) is 22.6. The quantitative estimate of drug-likeness (QED) is 0.246. The molecule has 3 unspecified atom stereocenters.